The van der Waals surface area contributed by atoms with Gasteiger partial charge in [-0.2, -0.15) is 0 Å². The summed E-state index contributed by atoms with van der Waals surface area (Å²) in [6, 6.07) is 7.39. The van der Waals surface area contributed by atoms with Gasteiger partial charge in [-0.25, -0.2) is 4.79 Å². The number of fused-ring (bicyclic) bond motifs is 1. The van der Waals surface area contributed by atoms with Gasteiger partial charge >= 0.3 is 6.09 Å². The second-order valence-electron chi connectivity index (χ2n) is 4.90. The zero-order valence-corrected chi connectivity index (χ0v) is 12.8. The Morgan fingerprint density at radius 2 is 2.21 bits per heavy atom. The maximum Gasteiger partial charge on any atom is 0.411 e. The van der Waals surface area contributed by atoms with E-state index in [2.05, 4.69) is 10.3 Å². The predicted molar refractivity (Wildman–Crippen MR) is 88.0 cm³/mol. The Morgan fingerprint density at radius 1 is 1.38 bits per heavy atom. The maximum absolute atomic E-state index is 12.3. The highest BCUT2D eigenvalue weighted by atomic mass is 16.5. The lowest BCUT2D eigenvalue weighted by molar-refractivity contribution is 0.168. The summed E-state index contributed by atoms with van der Waals surface area (Å²) >= 11 is 0. The third-order valence-electron chi connectivity index (χ3n) is 3.33. The van der Waals surface area contributed by atoms with Gasteiger partial charge in [-0.05, 0) is 25.1 Å². The van der Waals surface area contributed by atoms with Crippen LogP contribution in [0.3, 0.4) is 0 Å². The van der Waals surface area contributed by atoms with E-state index >= 15 is 0 Å². The molecule has 0 fully saturated rings. The second kappa shape index (κ2) is 6.41. The second-order valence-corrected chi connectivity index (χ2v) is 4.90. The first kappa shape index (κ1) is 15.5. The topological polar surface area (TPSA) is 102 Å². The molecule has 24 heavy (non-hydrogen) atoms. The molecule has 1 amide bonds. The summed E-state index contributed by atoms with van der Waals surface area (Å²) in [6.45, 7) is 1.92. The van der Waals surface area contributed by atoms with E-state index in [1.807, 2.05) is 0 Å². The van der Waals surface area contributed by atoms with Crippen molar-refractivity contribution in [2.24, 2.45) is 0 Å². The number of hydrogen-bond donors (Lipinski definition) is 2. The molecule has 2 aromatic heterocycles. The van der Waals surface area contributed by atoms with E-state index in [0.29, 0.717) is 11.3 Å². The Labute approximate surface area is 136 Å². The van der Waals surface area contributed by atoms with Crippen LogP contribution in [0.1, 0.15) is 6.92 Å². The van der Waals surface area contributed by atoms with Crippen molar-refractivity contribution in [1.82, 2.24) is 4.98 Å². The Hall–Kier alpha value is -3.35. The molecule has 0 aliphatic rings. The van der Waals surface area contributed by atoms with Crippen LogP contribution in [-0.4, -0.2) is 22.8 Å². The van der Waals surface area contributed by atoms with E-state index in [9.17, 15) is 14.7 Å². The molecule has 0 unspecified atom stereocenters. The summed E-state index contributed by atoms with van der Waals surface area (Å²) in [6.07, 6.45) is 2.31. The number of aromatic hydroxyl groups is 1. The van der Waals surface area contributed by atoms with Gasteiger partial charge < -0.3 is 14.3 Å². The van der Waals surface area contributed by atoms with Crippen molar-refractivity contribution < 1.29 is 19.1 Å². The number of amides is 1. The van der Waals surface area contributed by atoms with Crippen molar-refractivity contribution in [1.29, 1.82) is 0 Å². The molecule has 0 aliphatic carbocycles. The Kier molecular flexibility index (Phi) is 4.15. The molecular formula is C17H14N2O5. The summed E-state index contributed by atoms with van der Waals surface area (Å²) in [5.74, 6) is 0.0316. The van der Waals surface area contributed by atoms with Crippen LogP contribution in [0.4, 0.5) is 10.5 Å². The number of benzene rings is 1. The van der Waals surface area contributed by atoms with Gasteiger partial charge in [0.2, 0.25) is 0 Å². The fourth-order valence-corrected chi connectivity index (χ4v) is 2.27. The van der Waals surface area contributed by atoms with E-state index < -0.39 is 6.09 Å². The quantitative estimate of drug-likeness (QED) is 0.766. The lowest BCUT2D eigenvalue weighted by Crippen LogP contribution is -2.14. The van der Waals surface area contributed by atoms with Gasteiger partial charge in [0, 0.05) is 18.5 Å². The lowest BCUT2D eigenvalue weighted by Gasteiger charge is -2.10. The molecule has 0 atom stereocenters. The average Bonchev–Trinajstić information content (AvgIpc) is 2.56. The first-order chi connectivity index (χ1) is 11.6. The molecule has 0 spiro atoms. The standard InChI is InChI=1S/C17H14N2O5/c1-2-23-17(22)19-12-6-7-18-9-11(12)15-8-14(21)10-4-3-5-13(20)16(10)24-15/h3-9,20H,2H2,1H3,(H,18,19,22). The molecule has 0 saturated heterocycles. The molecule has 3 aromatic rings. The zero-order valence-electron chi connectivity index (χ0n) is 12.8. The number of ether oxygens (including phenoxy) is 1. The van der Waals surface area contributed by atoms with Crippen LogP contribution in [-0.2, 0) is 4.74 Å². The molecule has 2 N–H and O–H groups in total. The molecule has 0 bridgehead atoms. The van der Waals surface area contributed by atoms with Crippen molar-refractivity contribution in [3.05, 3.63) is 52.9 Å². The van der Waals surface area contributed by atoms with Gasteiger partial charge in [0.05, 0.1) is 23.2 Å². The van der Waals surface area contributed by atoms with Gasteiger partial charge in [0.15, 0.2) is 16.8 Å². The van der Waals surface area contributed by atoms with E-state index in [1.54, 1.807) is 25.1 Å². The Bertz CT molecular complexity index is 965. The molecule has 0 radical (unpaired) electrons. The number of phenols is 1. The van der Waals surface area contributed by atoms with Crippen molar-refractivity contribution >= 4 is 22.7 Å². The Morgan fingerprint density at radius 3 is 3.00 bits per heavy atom. The highest BCUT2D eigenvalue weighted by Crippen LogP contribution is 2.31. The number of nitrogens with one attached hydrogen (secondary N) is 1. The van der Waals surface area contributed by atoms with Gasteiger partial charge in [-0.3, -0.25) is 15.1 Å². The van der Waals surface area contributed by atoms with E-state index in [4.69, 9.17) is 9.15 Å². The minimum absolute atomic E-state index is 0.0749. The fraction of sp³-hybridized carbons (Fsp3) is 0.118. The van der Waals surface area contributed by atoms with Crippen molar-refractivity contribution in [2.75, 3.05) is 11.9 Å². The van der Waals surface area contributed by atoms with Crippen LogP contribution in [0.25, 0.3) is 22.3 Å². The normalized spacial score (nSPS) is 10.5. The maximum atomic E-state index is 12.3. The summed E-state index contributed by atoms with van der Waals surface area (Å²) in [7, 11) is 0. The number of nitrogens with zero attached hydrogens (tertiary/aromatic N) is 1. The van der Waals surface area contributed by atoms with E-state index in [-0.39, 0.29) is 34.5 Å². The third kappa shape index (κ3) is 2.91. The van der Waals surface area contributed by atoms with Crippen molar-refractivity contribution in [3.63, 3.8) is 0 Å². The molecule has 2 heterocycles. The molecular weight excluding hydrogens is 312 g/mol. The highest BCUT2D eigenvalue weighted by molar-refractivity contribution is 5.91. The van der Waals surface area contributed by atoms with Crippen LogP contribution in [0.2, 0.25) is 0 Å². The number of anilines is 1. The van der Waals surface area contributed by atoms with Crippen LogP contribution < -0.4 is 10.7 Å². The summed E-state index contributed by atoms with van der Waals surface area (Å²) in [5, 5.41) is 12.7. The predicted octanol–water partition coefficient (Wildman–Crippen LogP) is 3.13. The molecule has 0 aliphatic heterocycles. The first-order valence-corrected chi connectivity index (χ1v) is 7.24. The molecule has 7 nitrogen and oxygen atoms in total. The van der Waals surface area contributed by atoms with E-state index in [1.165, 1.54) is 24.5 Å². The SMILES string of the molecule is CCOC(=O)Nc1ccncc1-c1cc(=O)c2cccc(O)c2o1. The largest absolute Gasteiger partial charge is 0.504 e. The monoisotopic (exact) mass is 326 g/mol. The zero-order chi connectivity index (χ0) is 17.1. The van der Waals surface area contributed by atoms with Gasteiger partial charge in [-0.1, -0.05) is 6.07 Å². The van der Waals surface area contributed by atoms with Crippen molar-refractivity contribution in [3.8, 4) is 17.1 Å². The highest BCUT2D eigenvalue weighted by Gasteiger charge is 2.14. The molecule has 1 aromatic carbocycles. The molecule has 3 rings (SSSR count). The van der Waals surface area contributed by atoms with Crippen molar-refractivity contribution in [2.45, 2.75) is 6.92 Å². The Balaban J connectivity index is 2.13. The number of phenolic OH excluding ortho intramolecular Hbond substituents is 1. The third-order valence-corrected chi connectivity index (χ3v) is 3.33. The van der Waals surface area contributed by atoms with Crippen LogP contribution in [0.5, 0.6) is 5.75 Å². The smallest absolute Gasteiger partial charge is 0.411 e. The molecule has 7 heteroatoms. The number of aromatic nitrogens is 1. The lowest BCUT2D eigenvalue weighted by atomic mass is 10.1. The van der Waals surface area contributed by atoms with Crippen LogP contribution in [0.15, 0.2) is 51.9 Å². The number of pyridine rings is 1. The number of carbonyl (C=O) groups excluding carboxylic acids is 1. The van der Waals surface area contributed by atoms with Gasteiger partial charge in [0.25, 0.3) is 0 Å². The summed E-state index contributed by atoms with van der Waals surface area (Å²) in [5.41, 5.74) is 0.535. The minimum Gasteiger partial charge on any atom is -0.504 e. The average molecular weight is 326 g/mol. The number of rotatable bonds is 3. The first-order valence-electron chi connectivity index (χ1n) is 7.24. The van der Waals surface area contributed by atoms with Crippen LogP contribution in [0, 0.1) is 0 Å². The number of para-hydroxylation sites is 1. The van der Waals surface area contributed by atoms with Crippen LogP contribution >= 0.6 is 0 Å². The van der Waals surface area contributed by atoms with Gasteiger partial charge in [0.1, 0.15) is 5.76 Å². The fourth-order valence-electron chi connectivity index (χ4n) is 2.27. The molecule has 0 saturated carbocycles. The minimum atomic E-state index is -0.629. The molecule has 122 valence electrons. The summed E-state index contributed by atoms with van der Waals surface area (Å²) in [4.78, 5) is 27.9. The van der Waals surface area contributed by atoms with Gasteiger partial charge in [-0.15, -0.1) is 0 Å². The summed E-state index contributed by atoms with van der Waals surface area (Å²) < 4.78 is 10.5. The van der Waals surface area contributed by atoms with E-state index in [0.717, 1.165) is 0 Å². The number of carbonyl (C=O) groups is 1. The number of hydrogen-bond acceptors (Lipinski definition) is 6.